The van der Waals surface area contributed by atoms with Gasteiger partial charge in [0.25, 0.3) is 0 Å². The zero-order valence-electron chi connectivity index (χ0n) is 8.32. The molecule has 0 aliphatic carbocycles. The summed E-state index contributed by atoms with van der Waals surface area (Å²) in [6.07, 6.45) is 7.62. The van der Waals surface area contributed by atoms with Gasteiger partial charge in [-0.05, 0) is 24.0 Å². The summed E-state index contributed by atoms with van der Waals surface area (Å²) < 4.78 is 0. The van der Waals surface area contributed by atoms with Crippen LogP contribution in [-0.4, -0.2) is 11.7 Å². The first kappa shape index (κ1) is 10.7. The van der Waals surface area contributed by atoms with E-state index >= 15 is 0 Å². The monoisotopic (exact) mass is 188 g/mol. The fraction of sp³-hybridized carbons (Fsp3) is 0.231. The van der Waals surface area contributed by atoms with Crippen molar-refractivity contribution in [1.82, 2.24) is 0 Å². The lowest BCUT2D eigenvalue weighted by atomic mass is 10.0. The van der Waals surface area contributed by atoms with Crippen LogP contribution in [0.25, 0.3) is 6.08 Å². The van der Waals surface area contributed by atoms with Crippen molar-refractivity contribution in [1.29, 1.82) is 0 Å². The average Bonchev–Trinajstić information content (AvgIpc) is 2.25. The summed E-state index contributed by atoms with van der Waals surface area (Å²) in [5, 5.41) is 8.56. The molecule has 1 nitrogen and oxygen atoms in total. The van der Waals surface area contributed by atoms with Crippen molar-refractivity contribution in [2.75, 3.05) is 6.61 Å². The van der Waals surface area contributed by atoms with E-state index in [1.807, 2.05) is 24.3 Å². The summed E-state index contributed by atoms with van der Waals surface area (Å²) in [4.78, 5) is 0. The van der Waals surface area contributed by atoms with Gasteiger partial charge in [0.1, 0.15) is 0 Å². The lowest BCUT2D eigenvalue weighted by Gasteiger charge is -2.02. The van der Waals surface area contributed by atoms with Crippen LogP contribution in [0.3, 0.4) is 0 Å². The molecule has 0 heterocycles. The summed E-state index contributed by atoms with van der Waals surface area (Å²) in [6.45, 7) is 3.91. The van der Waals surface area contributed by atoms with Crippen LogP contribution in [0.1, 0.15) is 17.5 Å². The first-order valence-corrected chi connectivity index (χ1v) is 4.84. The lowest BCUT2D eigenvalue weighted by Crippen LogP contribution is -1.87. The first-order valence-electron chi connectivity index (χ1n) is 4.84. The molecule has 0 atom stereocenters. The normalized spacial score (nSPS) is 10.6. The zero-order chi connectivity index (χ0) is 10.2. The number of hydrogen-bond acceptors (Lipinski definition) is 1. The minimum absolute atomic E-state index is 0.128. The summed E-state index contributed by atoms with van der Waals surface area (Å²) >= 11 is 0. The van der Waals surface area contributed by atoms with E-state index in [0.29, 0.717) is 0 Å². The van der Waals surface area contributed by atoms with Crippen LogP contribution >= 0.6 is 0 Å². The van der Waals surface area contributed by atoms with Crippen molar-refractivity contribution in [3.63, 3.8) is 0 Å². The van der Waals surface area contributed by atoms with Crippen molar-refractivity contribution in [2.45, 2.75) is 12.8 Å². The number of rotatable bonds is 5. The molecule has 0 aliphatic heterocycles. The molecular weight excluding hydrogens is 172 g/mol. The average molecular weight is 188 g/mol. The molecule has 0 amide bonds. The van der Waals surface area contributed by atoms with E-state index in [9.17, 15) is 0 Å². The highest BCUT2D eigenvalue weighted by molar-refractivity contribution is 5.51. The summed E-state index contributed by atoms with van der Waals surface area (Å²) in [7, 11) is 0. The quantitative estimate of drug-likeness (QED) is 0.704. The minimum atomic E-state index is 0.128. The van der Waals surface area contributed by atoms with Gasteiger partial charge in [-0.15, -0.1) is 0 Å². The van der Waals surface area contributed by atoms with Crippen LogP contribution in [0.4, 0.5) is 0 Å². The maximum Gasteiger partial charge on any atom is 0.0612 e. The Kier molecular flexibility index (Phi) is 4.73. The minimum Gasteiger partial charge on any atom is -0.392 e. The molecule has 1 heteroatoms. The molecular formula is C13H16O. The molecule has 0 saturated carbocycles. The van der Waals surface area contributed by atoms with Crippen LogP contribution in [0.5, 0.6) is 0 Å². The van der Waals surface area contributed by atoms with E-state index in [1.165, 1.54) is 11.1 Å². The highest BCUT2D eigenvalue weighted by Crippen LogP contribution is 2.12. The van der Waals surface area contributed by atoms with E-state index < -0.39 is 0 Å². The Balaban J connectivity index is 2.57. The highest BCUT2D eigenvalue weighted by Gasteiger charge is 1.95. The van der Waals surface area contributed by atoms with E-state index in [2.05, 4.69) is 18.7 Å². The Morgan fingerprint density at radius 1 is 1.21 bits per heavy atom. The maximum atomic E-state index is 8.56. The molecule has 14 heavy (non-hydrogen) atoms. The second-order valence-corrected chi connectivity index (χ2v) is 3.10. The van der Waals surface area contributed by atoms with Crippen molar-refractivity contribution in [3.05, 3.63) is 54.1 Å². The number of hydrogen-bond donors (Lipinski definition) is 1. The molecule has 0 spiro atoms. The van der Waals surface area contributed by atoms with Gasteiger partial charge in [-0.3, -0.25) is 0 Å². The highest BCUT2D eigenvalue weighted by atomic mass is 16.2. The first-order chi connectivity index (χ1) is 6.88. The van der Waals surface area contributed by atoms with Gasteiger partial charge in [0.2, 0.25) is 0 Å². The van der Waals surface area contributed by atoms with Crippen molar-refractivity contribution in [3.8, 4) is 0 Å². The van der Waals surface area contributed by atoms with Gasteiger partial charge in [0.05, 0.1) is 6.61 Å². The van der Waals surface area contributed by atoms with Gasteiger partial charge < -0.3 is 5.11 Å². The molecule has 1 rings (SSSR count). The largest absolute Gasteiger partial charge is 0.392 e. The molecule has 0 aromatic heterocycles. The molecule has 1 aromatic rings. The topological polar surface area (TPSA) is 20.2 Å². The van der Waals surface area contributed by atoms with Crippen LogP contribution in [0.2, 0.25) is 0 Å². The van der Waals surface area contributed by atoms with Crippen LogP contribution in [0, 0.1) is 0 Å². The Hall–Kier alpha value is -1.34. The second-order valence-electron chi connectivity index (χ2n) is 3.10. The van der Waals surface area contributed by atoms with Crippen LogP contribution in [0.15, 0.2) is 43.0 Å². The molecule has 0 fully saturated rings. The number of benzene rings is 1. The Bertz CT molecular complexity index is 313. The van der Waals surface area contributed by atoms with Gasteiger partial charge in [0, 0.05) is 0 Å². The lowest BCUT2D eigenvalue weighted by molar-refractivity contribution is 0.342. The van der Waals surface area contributed by atoms with E-state index in [1.54, 1.807) is 6.08 Å². The fourth-order valence-corrected chi connectivity index (χ4v) is 1.39. The molecule has 0 bridgehead atoms. The summed E-state index contributed by atoms with van der Waals surface area (Å²) in [6, 6.07) is 8.24. The summed E-state index contributed by atoms with van der Waals surface area (Å²) in [5.41, 5.74) is 2.51. The predicted molar refractivity (Wildman–Crippen MR) is 61.1 cm³/mol. The number of aryl methyl sites for hydroxylation is 1. The predicted octanol–water partition coefficient (Wildman–Crippen LogP) is 2.81. The van der Waals surface area contributed by atoms with Gasteiger partial charge in [-0.2, -0.15) is 0 Å². The van der Waals surface area contributed by atoms with Crippen molar-refractivity contribution < 1.29 is 5.11 Å². The molecule has 1 N–H and O–H groups in total. The van der Waals surface area contributed by atoms with E-state index in [0.717, 1.165) is 12.8 Å². The smallest absolute Gasteiger partial charge is 0.0612 e. The zero-order valence-corrected chi connectivity index (χ0v) is 8.32. The molecule has 1 aromatic carbocycles. The number of aliphatic hydroxyl groups excluding tert-OH is 1. The van der Waals surface area contributed by atoms with E-state index in [-0.39, 0.29) is 6.61 Å². The van der Waals surface area contributed by atoms with Crippen LogP contribution in [-0.2, 0) is 6.42 Å². The molecule has 0 saturated heterocycles. The number of allylic oxidation sites excluding steroid dienone is 1. The van der Waals surface area contributed by atoms with Crippen molar-refractivity contribution >= 4 is 6.08 Å². The van der Waals surface area contributed by atoms with E-state index in [4.69, 9.17) is 5.11 Å². The second kappa shape index (κ2) is 6.17. The Morgan fingerprint density at radius 2 is 2.00 bits per heavy atom. The standard InChI is InChI=1S/C13H16O/c1-2-12-8-5-6-10-13(12)9-4-3-7-11-14/h2-3,5-8,10,14H,1,4,9,11H2/b7-3+. The molecule has 0 radical (unpaired) electrons. The van der Waals surface area contributed by atoms with Crippen molar-refractivity contribution in [2.24, 2.45) is 0 Å². The SMILES string of the molecule is C=Cc1ccccc1CC/C=C/CO. The molecule has 74 valence electrons. The van der Waals surface area contributed by atoms with Gasteiger partial charge in [0.15, 0.2) is 0 Å². The van der Waals surface area contributed by atoms with Gasteiger partial charge in [-0.25, -0.2) is 0 Å². The third-order valence-electron chi connectivity index (χ3n) is 2.13. The fourth-order valence-electron chi connectivity index (χ4n) is 1.39. The van der Waals surface area contributed by atoms with Crippen LogP contribution < -0.4 is 0 Å². The third-order valence-corrected chi connectivity index (χ3v) is 2.13. The maximum absolute atomic E-state index is 8.56. The van der Waals surface area contributed by atoms with Gasteiger partial charge >= 0.3 is 0 Å². The molecule has 0 unspecified atom stereocenters. The Labute approximate surface area is 85.4 Å². The summed E-state index contributed by atoms with van der Waals surface area (Å²) in [5.74, 6) is 0. The third kappa shape index (κ3) is 3.19. The Morgan fingerprint density at radius 3 is 2.71 bits per heavy atom. The molecule has 0 aliphatic rings. The number of aliphatic hydroxyl groups is 1. The van der Waals surface area contributed by atoms with Gasteiger partial charge in [-0.1, -0.05) is 49.1 Å².